The maximum absolute atomic E-state index is 10.9. The molecule has 21 atom stereocenters. The molecule has 12 aliphatic rings. The summed E-state index contributed by atoms with van der Waals surface area (Å²) >= 11 is 0. The summed E-state index contributed by atoms with van der Waals surface area (Å²) in [5.41, 5.74) is 11.8. The molecular weight excluding hydrogens is 1020 g/mol. The summed E-state index contributed by atoms with van der Waals surface area (Å²) in [6, 6.07) is 24.1. The Morgan fingerprint density at radius 2 is 0.759 bits per heavy atom. The van der Waals surface area contributed by atoms with Crippen molar-refractivity contribution in [2.75, 3.05) is 0 Å². The molecule has 12 aliphatic carbocycles. The van der Waals surface area contributed by atoms with Gasteiger partial charge in [-0.25, -0.2) is 0 Å². The standard InChI is InChI=1S/C20H24O2.C19H26O2.2C19H26O/c1-3-20(22)11-9-18-17-6-4-13-12-14(21)5-7-15(13)16(17)8-10-19(18,20)2;1-11-9-17-16-5-3-12-10-13(20)4-6-14(12)15(16)7-8-19(17,2)18(11)21;2*1-12-3-8-18-17-6-4-13-11-14(20)5-7-15(13)16(17)9-10-19(12,18)2/h1,5,7,12,16-18,21-22H,4,6,8-11H2,2H3;4,6,10-11,15-18,20-21H,3,5,7-9H2,1-2H3;2*5,7,11-12,16-18,20H,3-4,6,8-10H2,1-2H3/t16-,17?,18+,19+,20+;11-,15-,16?,17+,18+,19+;2*12-,16+,17?,18-,19+/m1100/s1. The summed E-state index contributed by atoms with van der Waals surface area (Å²) in [6.07, 6.45) is 33.8. The highest BCUT2D eigenvalue weighted by atomic mass is 16.3. The van der Waals surface area contributed by atoms with Gasteiger partial charge in [0.15, 0.2) is 0 Å². The van der Waals surface area contributed by atoms with Crippen molar-refractivity contribution in [3.63, 3.8) is 0 Å². The Hall–Kier alpha value is -4.44. The normalized spacial score (nSPS) is 43.3. The molecule has 6 heteroatoms. The van der Waals surface area contributed by atoms with Gasteiger partial charge in [0.05, 0.1) is 6.10 Å². The van der Waals surface area contributed by atoms with Gasteiger partial charge in [-0.3, -0.25) is 0 Å². The Labute approximate surface area is 499 Å². The van der Waals surface area contributed by atoms with Crippen molar-refractivity contribution in [1.82, 2.24) is 0 Å². The Morgan fingerprint density at radius 1 is 0.410 bits per heavy atom. The first-order chi connectivity index (χ1) is 39.7. The lowest BCUT2D eigenvalue weighted by Gasteiger charge is -2.52. The zero-order valence-electron chi connectivity index (χ0n) is 51.7. The first-order valence-electron chi connectivity index (χ1n) is 33.8. The third kappa shape index (κ3) is 9.36. The summed E-state index contributed by atoms with van der Waals surface area (Å²) in [6.45, 7) is 16.9. The zero-order chi connectivity index (χ0) is 58.1. The number of aryl methyl sites for hydroxylation is 4. The molecule has 4 aromatic carbocycles. The van der Waals surface area contributed by atoms with Crippen LogP contribution in [0.1, 0.15) is 239 Å². The van der Waals surface area contributed by atoms with Gasteiger partial charge in [0, 0.05) is 5.41 Å². The second-order valence-electron chi connectivity index (χ2n) is 31.4. The minimum absolute atomic E-state index is 0.121. The van der Waals surface area contributed by atoms with Crippen LogP contribution in [0.2, 0.25) is 0 Å². The van der Waals surface area contributed by atoms with Crippen molar-refractivity contribution in [1.29, 1.82) is 0 Å². The highest BCUT2D eigenvalue weighted by Gasteiger charge is 2.62. The third-order valence-corrected chi connectivity index (χ3v) is 28.5. The van der Waals surface area contributed by atoms with Crippen molar-refractivity contribution < 1.29 is 30.6 Å². The van der Waals surface area contributed by atoms with Gasteiger partial charge >= 0.3 is 0 Å². The second kappa shape index (κ2) is 21.5. The number of phenols is 4. The molecule has 0 saturated heterocycles. The molecule has 8 saturated carbocycles. The fourth-order valence-electron chi connectivity index (χ4n) is 23.4. The lowest BCUT2D eigenvalue weighted by atomic mass is 9.53. The molecule has 0 radical (unpaired) electrons. The second-order valence-corrected chi connectivity index (χ2v) is 31.4. The Kier molecular flexibility index (Phi) is 14.9. The van der Waals surface area contributed by atoms with Crippen molar-refractivity contribution in [3.8, 4) is 35.3 Å². The summed E-state index contributed by atoms with van der Waals surface area (Å²) in [5, 5.41) is 60.4. The molecule has 4 unspecified atom stereocenters. The maximum Gasteiger partial charge on any atom is 0.130 e. The fourth-order valence-corrected chi connectivity index (χ4v) is 23.4. The Balaban J connectivity index is 0.000000104. The molecule has 0 aromatic heterocycles. The zero-order valence-corrected chi connectivity index (χ0v) is 51.7. The monoisotopic (exact) mass is 1120 g/mol. The Bertz CT molecular complexity index is 3020. The molecule has 83 heavy (non-hydrogen) atoms. The van der Waals surface area contributed by atoms with Crippen LogP contribution in [0, 0.1) is 99.1 Å². The molecular formula is C77H102O6. The summed E-state index contributed by atoms with van der Waals surface area (Å²) in [5.74, 6) is 15.6. The SMILES string of the molecule is C#C[C@]1(O)CC[C@H]2C3CCc4cc(O)ccc4[C@H]3CC[C@@]21C.C[C@@H]1C[C@H]2C3CCc4cc(O)ccc4[C@H]3CC[C@]2(C)[C@H]1O.C[C@H]1CC[C@H]2C3CCc4cc(O)ccc4[C@H]3CC[C@]12C.C[C@H]1CC[C@H]2C3CCc4cc(O)ccc4[C@H]3CC[C@]12C. The van der Waals surface area contributed by atoms with E-state index in [1.165, 1.54) is 130 Å². The van der Waals surface area contributed by atoms with Gasteiger partial charge in [-0.1, -0.05) is 78.7 Å². The van der Waals surface area contributed by atoms with Crippen molar-refractivity contribution in [2.24, 2.45) is 86.8 Å². The van der Waals surface area contributed by atoms with E-state index in [0.717, 1.165) is 105 Å². The quantitative estimate of drug-likeness (QED) is 0.0976. The van der Waals surface area contributed by atoms with E-state index in [2.05, 4.69) is 78.7 Å². The average Bonchev–Trinajstić information content (AvgIpc) is 4.08. The van der Waals surface area contributed by atoms with Crippen LogP contribution in [0.15, 0.2) is 72.8 Å². The molecule has 4 aromatic rings. The first kappa shape index (κ1) is 57.6. The van der Waals surface area contributed by atoms with Gasteiger partial charge in [0.2, 0.25) is 0 Å². The molecule has 0 spiro atoms. The molecule has 0 aliphatic heterocycles. The number of aliphatic hydroxyl groups excluding tert-OH is 1. The molecule has 16 rings (SSSR count). The number of aliphatic hydroxyl groups is 2. The largest absolute Gasteiger partial charge is 0.508 e. The van der Waals surface area contributed by atoms with Crippen molar-refractivity contribution in [2.45, 2.75) is 232 Å². The number of fused-ring (bicyclic) bond motifs is 20. The van der Waals surface area contributed by atoms with Gasteiger partial charge in [-0.15, -0.1) is 6.42 Å². The van der Waals surface area contributed by atoms with Gasteiger partial charge in [0.25, 0.3) is 0 Å². The minimum Gasteiger partial charge on any atom is -0.508 e. The van der Waals surface area contributed by atoms with Gasteiger partial charge in [-0.2, -0.15) is 0 Å². The van der Waals surface area contributed by atoms with E-state index in [1.807, 2.05) is 48.5 Å². The third-order valence-electron chi connectivity index (χ3n) is 28.5. The van der Waals surface area contributed by atoms with E-state index in [0.29, 0.717) is 69.3 Å². The molecule has 0 heterocycles. The molecule has 6 N–H and O–H groups in total. The smallest absolute Gasteiger partial charge is 0.130 e. The number of terminal acetylenes is 1. The van der Waals surface area contributed by atoms with Crippen LogP contribution in [-0.2, 0) is 25.7 Å². The van der Waals surface area contributed by atoms with Gasteiger partial charge in [-0.05, 0) is 346 Å². The fraction of sp³-hybridized carbons (Fsp3) is 0.662. The van der Waals surface area contributed by atoms with E-state index >= 15 is 0 Å². The summed E-state index contributed by atoms with van der Waals surface area (Å²) < 4.78 is 0. The highest BCUT2D eigenvalue weighted by molar-refractivity contribution is 5.44. The minimum atomic E-state index is -0.919. The first-order valence-corrected chi connectivity index (χ1v) is 33.8. The number of hydrogen-bond donors (Lipinski definition) is 6. The van der Waals surface area contributed by atoms with Crippen LogP contribution >= 0.6 is 0 Å². The lowest BCUT2D eigenvalue weighted by Crippen LogP contribution is -2.50. The predicted octanol–water partition coefficient (Wildman–Crippen LogP) is 17.2. The van der Waals surface area contributed by atoms with E-state index in [1.54, 1.807) is 11.1 Å². The van der Waals surface area contributed by atoms with E-state index in [9.17, 15) is 30.6 Å². The molecule has 0 bridgehead atoms. The van der Waals surface area contributed by atoms with E-state index < -0.39 is 5.60 Å². The van der Waals surface area contributed by atoms with Crippen molar-refractivity contribution >= 4 is 0 Å². The summed E-state index contributed by atoms with van der Waals surface area (Å²) in [4.78, 5) is 0. The van der Waals surface area contributed by atoms with Crippen LogP contribution in [0.25, 0.3) is 0 Å². The van der Waals surface area contributed by atoms with Crippen LogP contribution in [0.3, 0.4) is 0 Å². The van der Waals surface area contributed by atoms with Crippen LogP contribution in [0.4, 0.5) is 0 Å². The van der Waals surface area contributed by atoms with Crippen molar-refractivity contribution in [3.05, 3.63) is 117 Å². The number of benzene rings is 4. The van der Waals surface area contributed by atoms with Gasteiger partial charge in [0.1, 0.15) is 28.6 Å². The maximum atomic E-state index is 10.9. The predicted molar refractivity (Wildman–Crippen MR) is 334 cm³/mol. The molecule has 0 amide bonds. The molecule has 8 fully saturated rings. The van der Waals surface area contributed by atoms with Crippen LogP contribution in [-0.4, -0.2) is 42.3 Å². The number of aromatic hydroxyl groups is 4. The topological polar surface area (TPSA) is 121 Å². The Morgan fingerprint density at radius 3 is 1.14 bits per heavy atom. The number of rotatable bonds is 0. The van der Waals surface area contributed by atoms with E-state index in [-0.39, 0.29) is 16.9 Å². The van der Waals surface area contributed by atoms with E-state index in [4.69, 9.17) is 6.42 Å². The lowest BCUT2D eigenvalue weighted by molar-refractivity contribution is -0.0646. The van der Waals surface area contributed by atoms with Crippen LogP contribution < -0.4 is 0 Å². The number of hydrogen-bond acceptors (Lipinski definition) is 6. The summed E-state index contributed by atoms with van der Waals surface area (Å²) in [7, 11) is 0. The van der Waals surface area contributed by atoms with Gasteiger partial charge < -0.3 is 30.6 Å². The molecule has 446 valence electrons. The van der Waals surface area contributed by atoms with Crippen LogP contribution in [0.5, 0.6) is 23.0 Å². The highest BCUT2D eigenvalue weighted by Crippen LogP contribution is 2.67. The molecule has 6 nitrogen and oxygen atoms in total. The number of phenolic OH excluding ortho intramolecular Hbond substituents is 4. The average molecular weight is 1120 g/mol.